The van der Waals surface area contributed by atoms with Gasteiger partial charge >= 0.3 is 0 Å². The van der Waals surface area contributed by atoms with E-state index < -0.39 is 0 Å². The number of unbranched alkanes of at least 4 members (excludes halogenated alkanes) is 7. The minimum atomic E-state index is 1.21. The normalized spacial score (nSPS) is 15.6. The van der Waals surface area contributed by atoms with Crippen LogP contribution >= 0.6 is 0 Å². The average molecular weight is 225 g/mol. The zero-order chi connectivity index (χ0) is 11.6. The summed E-state index contributed by atoms with van der Waals surface area (Å²) in [5, 5.41) is 0. The van der Waals surface area contributed by atoms with Crippen LogP contribution in [0.5, 0.6) is 0 Å². The van der Waals surface area contributed by atoms with E-state index in [1.165, 1.54) is 71.0 Å². The highest BCUT2D eigenvalue weighted by molar-refractivity contribution is 5.50. The Bertz CT molecular complexity index is 199. The first kappa shape index (κ1) is 13.5. The molecule has 1 rings (SSSR count). The van der Waals surface area contributed by atoms with E-state index in [2.05, 4.69) is 29.8 Å². The van der Waals surface area contributed by atoms with E-state index >= 15 is 0 Å². The molecule has 0 aromatic heterocycles. The molecule has 1 aliphatic rings. The third-order valence-electron chi connectivity index (χ3n) is 3.40. The molecule has 0 fully saturated rings. The van der Waals surface area contributed by atoms with Gasteiger partial charge in [-0.3, -0.25) is 9.48 Å². The predicted octanol–water partition coefficient (Wildman–Crippen LogP) is 3.11. The second-order valence-electron chi connectivity index (χ2n) is 5.11. The van der Waals surface area contributed by atoms with Crippen LogP contribution in [0.1, 0.15) is 58.3 Å². The molecule has 2 heteroatoms. The van der Waals surface area contributed by atoms with Crippen molar-refractivity contribution < 1.29 is 4.58 Å². The fraction of sp³-hybridized carbons (Fsp3) is 0.929. The van der Waals surface area contributed by atoms with E-state index in [4.69, 9.17) is 0 Å². The summed E-state index contributed by atoms with van der Waals surface area (Å²) in [5.74, 6) is 0. The Morgan fingerprint density at radius 2 is 1.62 bits per heavy atom. The summed E-state index contributed by atoms with van der Waals surface area (Å²) >= 11 is 0. The minimum Gasteiger partial charge on any atom is -0.267 e. The van der Waals surface area contributed by atoms with Crippen molar-refractivity contribution in [2.24, 2.45) is 0 Å². The van der Waals surface area contributed by atoms with Crippen molar-refractivity contribution in [3.8, 4) is 0 Å². The SMILES string of the molecule is CCCCCCCCCCN1C=[N+](C)CC1. The fourth-order valence-corrected chi connectivity index (χ4v) is 2.30. The molecule has 0 bridgehead atoms. The van der Waals surface area contributed by atoms with Crippen LogP contribution in [-0.2, 0) is 0 Å². The summed E-state index contributed by atoms with van der Waals surface area (Å²) in [6, 6.07) is 0. The molecule has 0 radical (unpaired) electrons. The van der Waals surface area contributed by atoms with Crippen LogP contribution in [0, 0.1) is 0 Å². The molecular weight excluding hydrogens is 196 g/mol. The van der Waals surface area contributed by atoms with Gasteiger partial charge in [0.05, 0.1) is 13.6 Å². The molecule has 0 aromatic rings. The molecule has 0 unspecified atom stereocenters. The number of rotatable bonds is 9. The summed E-state index contributed by atoms with van der Waals surface area (Å²) in [6.45, 7) is 5.98. The van der Waals surface area contributed by atoms with Gasteiger partial charge in [-0.2, -0.15) is 0 Å². The van der Waals surface area contributed by atoms with E-state index in [1.54, 1.807) is 0 Å². The largest absolute Gasteiger partial charge is 0.267 e. The van der Waals surface area contributed by atoms with E-state index in [1.807, 2.05) is 0 Å². The molecule has 0 atom stereocenters. The summed E-state index contributed by atoms with van der Waals surface area (Å²) in [4.78, 5) is 2.46. The maximum atomic E-state index is 2.46. The van der Waals surface area contributed by atoms with Crippen LogP contribution in [0.4, 0.5) is 0 Å². The zero-order valence-electron chi connectivity index (χ0n) is 11.2. The quantitative estimate of drug-likeness (QED) is 0.432. The number of nitrogens with zero attached hydrogens (tertiary/aromatic N) is 2. The van der Waals surface area contributed by atoms with E-state index in [0.717, 1.165) is 0 Å². The molecule has 94 valence electrons. The molecular formula is C14H29N2+. The molecule has 0 spiro atoms. The van der Waals surface area contributed by atoms with Gasteiger partial charge in [0.15, 0.2) is 0 Å². The van der Waals surface area contributed by atoms with Gasteiger partial charge in [0.2, 0.25) is 6.34 Å². The third kappa shape index (κ3) is 6.14. The summed E-state index contributed by atoms with van der Waals surface area (Å²) in [7, 11) is 2.16. The lowest BCUT2D eigenvalue weighted by Crippen LogP contribution is -2.20. The Hall–Kier alpha value is -0.530. The molecule has 0 amide bonds. The second-order valence-corrected chi connectivity index (χ2v) is 5.11. The molecule has 16 heavy (non-hydrogen) atoms. The van der Waals surface area contributed by atoms with Crippen LogP contribution in [0.15, 0.2) is 0 Å². The molecule has 0 aromatic carbocycles. The number of hydrogen-bond donors (Lipinski definition) is 0. The highest BCUT2D eigenvalue weighted by Crippen LogP contribution is 2.08. The summed E-state index contributed by atoms with van der Waals surface area (Å²) < 4.78 is 2.28. The zero-order valence-corrected chi connectivity index (χ0v) is 11.2. The van der Waals surface area contributed by atoms with Crippen LogP contribution in [0.2, 0.25) is 0 Å². The number of hydrogen-bond acceptors (Lipinski definition) is 1. The first-order chi connectivity index (χ1) is 7.83. The molecule has 0 N–H and O–H groups in total. The topological polar surface area (TPSA) is 6.25 Å². The predicted molar refractivity (Wildman–Crippen MR) is 71.3 cm³/mol. The molecule has 1 aliphatic heterocycles. The van der Waals surface area contributed by atoms with Gasteiger partial charge in [-0.1, -0.05) is 45.4 Å². The Balaban J connectivity index is 1.81. The van der Waals surface area contributed by atoms with Crippen LogP contribution in [0.3, 0.4) is 0 Å². The maximum absolute atomic E-state index is 2.46. The van der Waals surface area contributed by atoms with Gasteiger partial charge in [-0.25, -0.2) is 0 Å². The van der Waals surface area contributed by atoms with Crippen molar-refractivity contribution in [1.82, 2.24) is 4.90 Å². The first-order valence-corrected chi connectivity index (χ1v) is 7.12. The standard InChI is InChI=1S/C14H29N2/c1-3-4-5-6-7-8-9-10-11-16-13-12-15(2)14-16/h14H,3-13H2,1-2H3/q+1. The van der Waals surface area contributed by atoms with Crippen molar-refractivity contribution >= 4 is 6.34 Å². The molecule has 1 heterocycles. The summed E-state index contributed by atoms with van der Waals surface area (Å²) in [5.41, 5.74) is 0. The van der Waals surface area contributed by atoms with Crippen molar-refractivity contribution in [3.63, 3.8) is 0 Å². The van der Waals surface area contributed by atoms with E-state index in [9.17, 15) is 0 Å². The minimum absolute atomic E-state index is 1.21. The van der Waals surface area contributed by atoms with E-state index in [0.29, 0.717) is 0 Å². The van der Waals surface area contributed by atoms with Gasteiger partial charge in [0.1, 0.15) is 13.1 Å². The lowest BCUT2D eigenvalue weighted by molar-refractivity contribution is -0.482. The Morgan fingerprint density at radius 3 is 2.19 bits per heavy atom. The van der Waals surface area contributed by atoms with Crippen molar-refractivity contribution in [1.29, 1.82) is 0 Å². The smallest absolute Gasteiger partial charge is 0.234 e. The molecule has 0 aliphatic carbocycles. The Morgan fingerprint density at radius 1 is 1.00 bits per heavy atom. The Kier molecular flexibility index (Phi) is 7.28. The van der Waals surface area contributed by atoms with Crippen LogP contribution in [-0.4, -0.2) is 42.5 Å². The summed E-state index contributed by atoms with van der Waals surface area (Å²) in [6.07, 6.45) is 13.6. The van der Waals surface area contributed by atoms with Crippen molar-refractivity contribution in [2.75, 3.05) is 26.7 Å². The lowest BCUT2D eigenvalue weighted by Gasteiger charge is -2.06. The van der Waals surface area contributed by atoms with E-state index in [-0.39, 0.29) is 0 Å². The van der Waals surface area contributed by atoms with Crippen molar-refractivity contribution in [3.05, 3.63) is 0 Å². The molecule has 0 saturated carbocycles. The first-order valence-electron chi connectivity index (χ1n) is 7.12. The third-order valence-corrected chi connectivity index (χ3v) is 3.40. The fourth-order valence-electron chi connectivity index (χ4n) is 2.30. The van der Waals surface area contributed by atoms with Gasteiger partial charge in [0.25, 0.3) is 0 Å². The highest BCUT2D eigenvalue weighted by Gasteiger charge is 2.14. The Labute approximate surface area is 101 Å². The van der Waals surface area contributed by atoms with Crippen LogP contribution < -0.4 is 0 Å². The second kappa shape index (κ2) is 8.60. The average Bonchev–Trinajstić information content (AvgIpc) is 2.68. The molecule has 0 saturated heterocycles. The maximum Gasteiger partial charge on any atom is 0.234 e. The molecule has 2 nitrogen and oxygen atoms in total. The highest BCUT2D eigenvalue weighted by atomic mass is 15.2. The number of likely N-dealkylation sites (N-methyl/N-ethyl adjacent to an activating group) is 1. The van der Waals surface area contributed by atoms with Gasteiger partial charge in [0, 0.05) is 0 Å². The monoisotopic (exact) mass is 225 g/mol. The van der Waals surface area contributed by atoms with Gasteiger partial charge < -0.3 is 0 Å². The van der Waals surface area contributed by atoms with Gasteiger partial charge in [-0.05, 0) is 12.8 Å². The van der Waals surface area contributed by atoms with Crippen molar-refractivity contribution in [2.45, 2.75) is 58.3 Å². The van der Waals surface area contributed by atoms with Gasteiger partial charge in [-0.15, -0.1) is 0 Å². The van der Waals surface area contributed by atoms with Crippen LogP contribution in [0.25, 0.3) is 0 Å². The lowest BCUT2D eigenvalue weighted by atomic mass is 10.1.